The summed E-state index contributed by atoms with van der Waals surface area (Å²) in [6.07, 6.45) is 0.960. The van der Waals surface area contributed by atoms with Gasteiger partial charge in [0.15, 0.2) is 4.34 Å². The van der Waals surface area contributed by atoms with Crippen molar-refractivity contribution >= 4 is 23.1 Å². The van der Waals surface area contributed by atoms with E-state index in [0.717, 1.165) is 15.8 Å². The molecule has 0 aliphatic carbocycles. The molecule has 0 bridgehead atoms. The van der Waals surface area contributed by atoms with E-state index in [2.05, 4.69) is 41.4 Å². The number of aromatic nitrogens is 2. The highest BCUT2D eigenvalue weighted by Gasteiger charge is 2.05. The molecule has 0 fully saturated rings. The molecule has 0 saturated heterocycles. The summed E-state index contributed by atoms with van der Waals surface area (Å²) in [6, 6.07) is 8.49. The van der Waals surface area contributed by atoms with E-state index in [-0.39, 0.29) is 6.04 Å². The molecule has 0 radical (unpaired) electrons. The largest absolute Gasteiger partial charge is 0.324 e. The van der Waals surface area contributed by atoms with Gasteiger partial charge in [-0.2, -0.15) is 0 Å². The van der Waals surface area contributed by atoms with Crippen LogP contribution in [0.3, 0.4) is 0 Å². The zero-order chi connectivity index (χ0) is 12.3. The quantitative estimate of drug-likeness (QED) is 0.920. The first kappa shape index (κ1) is 12.5. The highest BCUT2D eigenvalue weighted by molar-refractivity contribution is 8.01. The fourth-order valence-corrected chi connectivity index (χ4v) is 3.23. The van der Waals surface area contributed by atoms with E-state index in [1.807, 2.05) is 6.92 Å². The van der Waals surface area contributed by atoms with Crippen LogP contribution in [0.4, 0.5) is 0 Å². The Morgan fingerprint density at radius 1 is 1.29 bits per heavy atom. The van der Waals surface area contributed by atoms with Crippen molar-refractivity contribution in [2.45, 2.75) is 35.5 Å². The molecule has 0 amide bonds. The van der Waals surface area contributed by atoms with Crippen LogP contribution in [-0.2, 0) is 0 Å². The van der Waals surface area contributed by atoms with Gasteiger partial charge in [0.1, 0.15) is 5.01 Å². The Bertz CT molecular complexity index is 479. The molecule has 90 valence electrons. The van der Waals surface area contributed by atoms with Gasteiger partial charge in [-0.15, -0.1) is 10.2 Å². The van der Waals surface area contributed by atoms with E-state index in [4.69, 9.17) is 5.73 Å². The predicted molar refractivity (Wildman–Crippen MR) is 72.4 cm³/mol. The van der Waals surface area contributed by atoms with E-state index in [1.165, 1.54) is 10.5 Å². The number of aryl methyl sites for hydroxylation is 1. The second-order valence-corrected chi connectivity index (χ2v) is 6.28. The summed E-state index contributed by atoms with van der Waals surface area (Å²) in [7, 11) is 0. The van der Waals surface area contributed by atoms with Crippen molar-refractivity contribution in [1.29, 1.82) is 0 Å². The Morgan fingerprint density at radius 2 is 2.00 bits per heavy atom. The molecule has 17 heavy (non-hydrogen) atoms. The normalized spacial score (nSPS) is 12.6. The average molecular weight is 265 g/mol. The van der Waals surface area contributed by atoms with Crippen molar-refractivity contribution in [2.24, 2.45) is 5.73 Å². The van der Waals surface area contributed by atoms with Crippen LogP contribution in [0.15, 0.2) is 33.5 Å². The number of rotatable bonds is 4. The van der Waals surface area contributed by atoms with Crippen LogP contribution < -0.4 is 5.73 Å². The van der Waals surface area contributed by atoms with Gasteiger partial charge in [-0.05, 0) is 31.0 Å². The number of nitrogens with zero attached hydrogens (tertiary/aromatic N) is 2. The van der Waals surface area contributed by atoms with E-state index < -0.39 is 0 Å². The molecular weight excluding hydrogens is 250 g/mol. The van der Waals surface area contributed by atoms with Crippen molar-refractivity contribution in [1.82, 2.24) is 10.2 Å². The molecule has 1 aromatic carbocycles. The first-order valence-corrected chi connectivity index (χ1v) is 7.16. The maximum Gasteiger partial charge on any atom is 0.179 e. The lowest BCUT2D eigenvalue weighted by atomic mass is 10.1. The zero-order valence-corrected chi connectivity index (χ0v) is 11.5. The molecule has 1 heterocycles. The Balaban J connectivity index is 2.08. The highest BCUT2D eigenvalue weighted by Crippen LogP contribution is 2.30. The first-order chi connectivity index (χ1) is 8.19. The molecule has 2 rings (SSSR count). The Hall–Kier alpha value is -0.910. The third kappa shape index (κ3) is 3.28. The maximum absolute atomic E-state index is 5.97. The number of nitrogens with two attached hydrogens (primary N) is 1. The van der Waals surface area contributed by atoms with Crippen LogP contribution in [0.1, 0.15) is 30.0 Å². The zero-order valence-electron chi connectivity index (χ0n) is 9.88. The SMILES string of the molecule is CCC(N)c1ccc(Sc2nnc(C)s2)cc1. The topological polar surface area (TPSA) is 51.8 Å². The number of benzene rings is 1. The van der Waals surface area contributed by atoms with Crippen molar-refractivity contribution in [3.63, 3.8) is 0 Å². The average Bonchev–Trinajstić information content (AvgIpc) is 2.75. The summed E-state index contributed by atoms with van der Waals surface area (Å²) in [4.78, 5) is 1.17. The lowest BCUT2D eigenvalue weighted by molar-refractivity contribution is 0.698. The smallest absolute Gasteiger partial charge is 0.179 e. The van der Waals surface area contributed by atoms with Gasteiger partial charge in [0, 0.05) is 10.9 Å². The summed E-state index contributed by atoms with van der Waals surface area (Å²) >= 11 is 3.25. The fraction of sp³-hybridized carbons (Fsp3) is 0.333. The number of hydrogen-bond donors (Lipinski definition) is 1. The van der Waals surface area contributed by atoms with E-state index in [9.17, 15) is 0 Å². The van der Waals surface area contributed by atoms with Crippen LogP contribution in [0, 0.1) is 6.92 Å². The summed E-state index contributed by atoms with van der Waals surface area (Å²) in [5.74, 6) is 0. The molecule has 0 aliphatic heterocycles. The standard InChI is InChI=1S/C12H15N3S2/c1-3-11(13)9-4-6-10(7-5-9)17-12-15-14-8(2)16-12/h4-7,11H,3,13H2,1-2H3. The molecule has 0 saturated carbocycles. The van der Waals surface area contributed by atoms with Crippen molar-refractivity contribution in [3.8, 4) is 0 Å². The van der Waals surface area contributed by atoms with Gasteiger partial charge in [-0.25, -0.2) is 0 Å². The van der Waals surface area contributed by atoms with Crippen LogP contribution in [0.2, 0.25) is 0 Å². The molecule has 5 heteroatoms. The maximum atomic E-state index is 5.97. The predicted octanol–water partition coefficient (Wildman–Crippen LogP) is 3.41. The Morgan fingerprint density at radius 3 is 2.53 bits per heavy atom. The molecule has 2 N–H and O–H groups in total. The molecule has 0 aliphatic rings. The highest BCUT2D eigenvalue weighted by atomic mass is 32.2. The molecule has 1 atom stereocenters. The summed E-state index contributed by atoms with van der Waals surface area (Å²) in [6.45, 7) is 4.06. The first-order valence-electron chi connectivity index (χ1n) is 5.52. The molecular formula is C12H15N3S2. The Kier molecular flexibility index (Phi) is 4.15. The van der Waals surface area contributed by atoms with Gasteiger partial charge < -0.3 is 5.73 Å². The van der Waals surface area contributed by atoms with Gasteiger partial charge in [0.2, 0.25) is 0 Å². The van der Waals surface area contributed by atoms with E-state index >= 15 is 0 Å². The monoisotopic (exact) mass is 265 g/mol. The summed E-state index contributed by atoms with van der Waals surface area (Å²) < 4.78 is 0.982. The van der Waals surface area contributed by atoms with Crippen molar-refractivity contribution in [2.75, 3.05) is 0 Å². The third-order valence-electron chi connectivity index (χ3n) is 2.46. The van der Waals surface area contributed by atoms with Crippen molar-refractivity contribution in [3.05, 3.63) is 34.8 Å². The van der Waals surface area contributed by atoms with E-state index in [0.29, 0.717) is 0 Å². The minimum atomic E-state index is 0.137. The van der Waals surface area contributed by atoms with Gasteiger partial charge in [0.05, 0.1) is 0 Å². The second-order valence-electron chi connectivity index (χ2n) is 3.77. The molecule has 3 nitrogen and oxygen atoms in total. The van der Waals surface area contributed by atoms with Crippen LogP contribution in [-0.4, -0.2) is 10.2 Å². The number of hydrogen-bond acceptors (Lipinski definition) is 5. The molecule has 1 aromatic heterocycles. The van der Waals surface area contributed by atoms with E-state index in [1.54, 1.807) is 23.1 Å². The Labute approximate surface area is 109 Å². The second kappa shape index (κ2) is 5.62. The lowest BCUT2D eigenvalue weighted by Gasteiger charge is -2.09. The lowest BCUT2D eigenvalue weighted by Crippen LogP contribution is -2.07. The van der Waals surface area contributed by atoms with Crippen LogP contribution in [0.5, 0.6) is 0 Å². The minimum Gasteiger partial charge on any atom is -0.324 e. The summed E-state index contributed by atoms with van der Waals surface area (Å²) in [5.41, 5.74) is 7.16. The van der Waals surface area contributed by atoms with Crippen molar-refractivity contribution < 1.29 is 0 Å². The van der Waals surface area contributed by atoms with Gasteiger partial charge in [0.25, 0.3) is 0 Å². The molecule has 1 unspecified atom stereocenters. The van der Waals surface area contributed by atoms with Crippen LogP contribution >= 0.6 is 23.1 Å². The summed E-state index contributed by atoms with van der Waals surface area (Å²) in [5, 5.41) is 9.09. The molecule has 0 spiro atoms. The van der Waals surface area contributed by atoms with Crippen LogP contribution in [0.25, 0.3) is 0 Å². The fourth-order valence-electron chi connectivity index (χ4n) is 1.44. The third-order valence-corrected chi connectivity index (χ3v) is 4.36. The minimum absolute atomic E-state index is 0.137. The van der Waals surface area contributed by atoms with Gasteiger partial charge >= 0.3 is 0 Å². The van der Waals surface area contributed by atoms with Gasteiger partial charge in [-0.3, -0.25) is 0 Å². The molecule has 2 aromatic rings. The van der Waals surface area contributed by atoms with Gasteiger partial charge in [-0.1, -0.05) is 42.2 Å².